The molecular weight excluding hydrogens is 468 g/mol. The number of nitrogens with one attached hydrogen (secondary N) is 1. The molecule has 7 heteroatoms. The summed E-state index contributed by atoms with van der Waals surface area (Å²) in [7, 11) is 0. The molecule has 0 aliphatic heterocycles. The molecule has 1 heterocycles. The molecule has 2 rings (SSSR count). The number of carbonyl (C=O) groups excluding carboxylic acids is 1. The molecular formula is C14H11Br3N2O2. The van der Waals surface area contributed by atoms with Crippen LogP contribution in [-0.4, -0.2) is 17.1 Å². The van der Waals surface area contributed by atoms with Gasteiger partial charge >= 0.3 is 0 Å². The first-order valence-corrected chi connectivity index (χ1v) is 8.37. The minimum atomic E-state index is -0.494. The van der Waals surface area contributed by atoms with Crippen molar-refractivity contribution in [1.29, 1.82) is 0 Å². The molecule has 1 atom stereocenters. The molecule has 0 radical (unpaired) electrons. The highest BCUT2D eigenvalue weighted by Gasteiger charge is 2.14. The zero-order chi connectivity index (χ0) is 15.4. The molecule has 0 aliphatic carbocycles. The highest BCUT2D eigenvalue weighted by Crippen LogP contribution is 2.36. The molecule has 21 heavy (non-hydrogen) atoms. The second-order valence-corrected chi connectivity index (χ2v) is 6.80. The Balaban J connectivity index is 2.06. The number of halogens is 3. The Morgan fingerprint density at radius 3 is 2.52 bits per heavy atom. The quantitative estimate of drug-likeness (QED) is 0.657. The van der Waals surface area contributed by atoms with E-state index in [1.165, 1.54) is 6.20 Å². The van der Waals surface area contributed by atoms with Gasteiger partial charge in [-0.2, -0.15) is 0 Å². The van der Waals surface area contributed by atoms with Gasteiger partial charge in [-0.3, -0.25) is 9.78 Å². The van der Waals surface area contributed by atoms with E-state index in [0.29, 0.717) is 11.3 Å². The number of aromatic nitrogens is 1. The Bertz CT molecular complexity index is 627. The first-order valence-electron chi connectivity index (χ1n) is 5.99. The minimum absolute atomic E-state index is 0.236. The number of hydrogen-bond donors (Lipinski definition) is 1. The van der Waals surface area contributed by atoms with Crippen molar-refractivity contribution in [2.75, 3.05) is 0 Å². The predicted octanol–water partition coefficient (Wildman–Crippen LogP) is 4.52. The van der Waals surface area contributed by atoms with E-state index < -0.39 is 6.23 Å². The topological polar surface area (TPSA) is 51.2 Å². The monoisotopic (exact) mass is 476 g/mol. The lowest BCUT2D eigenvalue weighted by Gasteiger charge is -2.18. The van der Waals surface area contributed by atoms with E-state index in [2.05, 4.69) is 58.1 Å². The maximum Gasteiger partial charge on any atom is 0.255 e. The molecule has 0 saturated heterocycles. The number of rotatable bonds is 4. The summed E-state index contributed by atoms with van der Waals surface area (Å²) < 4.78 is 8.24. The van der Waals surface area contributed by atoms with Crippen LogP contribution in [-0.2, 0) is 0 Å². The zero-order valence-electron chi connectivity index (χ0n) is 10.9. The summed E-state index contributed by atoms with van der Waals surface area (Å²) in [6.07, 6.45) is 2.63. The standard InChI is InChI=1S/C14H11Br3N2O2/c1-8(19-14(20)9-3-2-4-18-7-9)21-13-11(16)5-10(15)6-12(13)17/h2-8H,1H3,(H,19,20). The van der Waals surface area contributed by atoms with Crippen molar-refractivity contribution in [3.63, 3.8) is 0 Å². The molecule has 1 amide bonds. The number of ether oxygens (including phenoxy) is 1. The van der Waals surface area contributed by atoms with Crippen LogP contribution in [0.3, 0.4) is 0 Å². The fourth-order valence-electron chi connectivity index (χ4n) is 1.61. The normalized spacial score (nSPS) is 11.8. The van der Waals surface area contributed by atoms with Crippen LogP contribution in [0.2, 0.25) is 0 Å². The first-order chi connectivity index (χ1) is 9.97. The summed E-state index contributed by atoms with van der Waals surface area (Å²) in [5, 5.41) is 2.76. The molecule has 1 N–H and O–H groups in total. The summed E-state index contributed by atoms with van der Waals surface area (Å²) in [5.74, 6) is 0.386. The van der Waals surface area contributed by atoms with Crippen LogP contribution in [0.4, 0.5) is 0 Å². The fraction of sp³-hybridized carbons (Fsp3) is 0.143. The van der Waals surface area contributed by atoms with Crippen LogP contribution in [0.5, 0.6) is 5.75 Å². The maximum absolute atomic E-state index is 12.0. The summed E-state index contributed by atoms with van der Waals surface area (Å²) in [4.78, 5) is 15.9. The van der Waals surface area contributed by atoms with Gasteiger partial charge in [0, 0.05) is 16.9 Å². The van der Waals surface area contributed by atoms with Crippen LogP contribution < -0.4 is 10.1 Å². The van der Waals surface area contributed by atoms with Crippen LogP contribution >= 0.6 is 47.8 Å². The molecule has 4 nitrogen and oxygen atoms in total. The molecule has 110 valence electrons. The summed E-state index contributed by atoms with van der Waals surface area (Å²) in [6.45, 7) is 1.76. The Morgan fingerprint density at radius 2 is 1.95 bits per heavy atom. The molecule has 1 aromatic heterocycles. The smallest absolute Gasteiger partial charge is 0.255 e. The van der Waals surface area contributed by atoms with Gasteiger partial charge in [-0.25, -0.2) is 0 Å². The van der Waals surface area contributed by atoms with E-state index in [4.69, 9.17) is 4.74 Å². The lowest BCUT2D eigenvalue weighted by molar-refractivity contribution is 0.0849. The number of hydrogen-bond acceptors (Lipinski definition) is 3. The van der Waals surface area contributed by atoms with Gasteiger partial charge in [-0.1, -0.05) is 15.9 Å². The van der Waals surface area contributed by atoms with Crippen molar-refractivity contribution in [2.24, 2.45) is 0 Å². The van der Waals surface area contributed by atoms with Gasteiger partial charge in [0.2, 0.25) is 0 Å². The molecule has 0 saturated carbocycles. The van der Waals surface area contributed by atoms with Crippen molar-refractivity contribution < 1.29 is 9.53 Å². The van der Waals surface area contributed by atoms with Gasteiger partial charge in [0.05, 0.1) is 14.5 Å². The average molecular weight is 479 g/mol. The lowest BCUT2D eigenvalue weighted by Crippen LogP contribution is -2.36. The van der Waals surface area contributed by atoms with E-state index in [1.54, 1.807) is 25.3 Å². The number of benzene rings is 1. The summed E-state index contributed by atoms with van der Waals surface area (Å²) in [5.41, 5.74) is 0.488. The van der Waals surface area contributed by atoms with E-state index in [1.807, 2.05) is 12.1 Å². The van der Waals surface area contributed by atoms with Crippen LogP contribution in [0.25, 0.3) is 0 Å². The molecule has 0 fully saturated rings. The zero-order valence-corrected chi connectivity index (χ0v) is 15.7. The van der Waals surface area contributed by atoms with Crippen LogP contribution in [0, 0.1) is 0 Å². The van der Waals surface area contributed by atoms with E-state index in [0.717, 1.165) is 13.4 Å². The fourth-order valence-corrected chi connectivity index (χ4v) is 4.06. The second kappa shape index (κ2) is 7.38. The highest BCUT2D eigenvalue weighted by molar-refractivity contribution is 9.11. The highest BCUT2D eigenvalue weighted by atomic mass is 79.9. The van der Waals surface area contributed by atoms with Gasteiger partial charge in [0.1, 0.15) is 0 Å². The van der Waals surface area contributed by atoms with E-state index in [9.17, 15) is 4.79 Å². The van der Waals surface area contributed by atoms with Crippen molar-refractivity contribution in [3.05, 3.63) is 55.6 Å². The van der Waals surface area contributed by atoms with Crippen molar-refractivity contribution in [2.45, 2.75) is 13.2 Å². The maximum atomic E-state index is 12.0. The molecule has 1 aromatic carbocycles. The van der Waals surface area contributed by atoms with Crippen molar-refractivity contribution >= 4 is 53.7 Å². The third-order valence-corrected chi connectivity index (χ3v) is 4.15. The molecule has 0 aliphatic rings. The van der Waals surface area contributed by atoms with Gasteiger partial charge < -0.3 is 10.1 Å². The molecule has 1 unspecified atom stereocenters. The predicted molar refractivity (Wildman–Crippen MR) is 91.3 cm³/mol. The van der Waals surface area contributed by atoms with Gasteiger partial charge in [0.15, 0.2) is 12.0 Å². The van der Waals surface area contributed by atoms with Gasteiger partial charge in [-0.15, -0.1) is 0 Å². The van der Waals surface area contributed by atoms with Crippen molar-refractivity contribution in [3.8, 4) is 5.75 Å². The Hall–Kier alpha value is -0.920. The number of nitrogens with zero attached hydrogens (tertiary/aromatic N) is 1. The Morgan fingerprint density at radius 1 is 1.29 bits per heavy atom. The molecule has 2 aromatic rings. The largest absolute Gasteiger partial charge is 0.469 e. The minimum Gasteiger partial charge on any atom is -0.469 e. The summed E-state index contributed by atoms with van der Waals surface area (Å²) in [6, 6.07) is 7.15. The molecule has 0 bridgehead atoms. The Kier molecular flexibility index (Phi) is 5.78. The van der Waals surface area contributed by atoms with Crippen LogP contribution in [0.1, 0.15) is 17.3 Å². The van der Waals surface area contributed by atoms with Crippen LogP contribution in [0.15, 0.2) is 50.1 Å². The van der Waals surface area contributed by atoms with E-state index in [-0.39, 0.29) is 5.91 Å². The van der Waals surface area contributed by atoms with E-state index >= 15 is 0 Å². The third kappa shape index (κ3) is 4.52. The van der Waals surface area contributed by atoms with Crippen molar-refractivity contribution in [1.82, 2.24) is 10.3 Å². The SMILES string of the molecule is CC(NC(=O)c1cccnc1)Oc1c(Br)cc(Br)cc1Br. The van der Waals surface area contributed by atoms with Gasteiger partial charge in [-0.05, 0) is 63.0 Å². The van der Waals surface area contributed by atoms with Gasteiger partial charge in [0.25, 0.3) is 5.91 Å². The summed E-state index contributed by atoms with van der Waals surface area (Å²) >= 11 is 10.3. The third-order valence-electron chi connectivity index (χ3n) is 2.52. The lowest BCUT2D eigenvalue weighted by atomic mass is 10.3. The molecule has 0 spiro atoms. The number of amides is 1. The number of carbonyl (C=O) groups is 1. The second-order valence-electron chi connectivity index (χ2n) is 4.17. The average Bonchev–Trinajstić information content (AvgIpc) is 2.43. The Labute approximate surface area is 147 Å². The first kappa shape index (κ1) is 16.5. The number of pyridine rings is 1.